The Morgan fingerprint density at radius 3 is 2.78 bits per heavy atom. The molecule has 128 valence electrons. The number of carbonyl (C=O) groups excluding carboxylic acids is 1. The average molecular weight is 320 g/mol. The molecule has 0 bridgehead atoms. The molecule has 1 aromatic rings. The third-order valence-corrected chi connectivity index (χ3v) is 4.04. The number of rotatable bonds is 5. The number of fused-ring (bicyclic) bond motifs is 1. The summed E-state index contributed by atoms with van der Waals surface area (Å²) in [6, 6.07) is 7.58. The minimum Gasteiger partial charge on any atom is -0.487 e. The quantitative estimate of drug-likeness (QED) is 0.781. The summed E-state index contributed by atoms with van der Waals surface area (Å²) in [6.45, 7) is 8.38. The summed E-state index contributed by atoms with van der Waals surface area (Å²) < 4.78 is 5.97. The van der Waals surface area contributed by atoms with E-state index < -0.39 is 0 Å². The molecule has 1 heterocycles. The number of urea groups is 1. The van der Waals surface area contributed by atoms with Crippen molar-refractivity contribution in [2.24, 2.45) is 5.92 Å². The number of hydrogen-bond acceptors (Lipinski definition) is 3. The van der Waals surface area contributed by atoms with Gasteiger partial charge in [-0.05, 0) is 39.2 Å². The van der Waals surface area contributed by atoms with Crippen LogP contribution in [0.4, 0.5) is 4.79 Å². The topological polar surface area (TPSA) is 70.6 Å². The first-order valence-electron chi connectivity index (χ1n) is 8.27. The monoisotopic (exact) mass is 320 g/mol. The molecule has 0 radical (unpaired) electrons. The second kappa shape index (κ2) is 7.21. The average Bonchev–Trinajstić information content (AvgIpc) is 2.43. The molecule has 2 rings (SSSR count). The van der Waals surface area contributed by atoms with Crippen LogP contribution in [0, 0.1) is 5.92 Å². The van der Waals surface area contributed by atoms with Crippen LogP contribution in [0.2, 0.25) is 0 Å². The molecule has 1 aliphatic rings. The molecule has 23 heavy (non-hydrogen) atoms. The van der Waals surface area contributed by atoms with Gasteiger partial charge in [0.1, 0.15) is 11.4 Å². The van der Waals surface area contributed by atoms with Crippen LogP contribution in [0.5, 0.6) is 5.75 Å². The SMILES string of the molecule is CC(O)CC(C)CNC(=O)NC1CC(C)(C)Oc2ccccc21. The maximum atomic E-state index is 12.2. The molecule has 2 amide bonds. The van der Waals surface area contributed by atoms with Crippen LogP contribution in [0.3, 0.4) is 0 Å². The summed E-state index contributed by atoms with van der Waals surface area (Å²) in [4.78, 5) is 12.2. The van der Waals surface area contributed by atoms with E-state index in [9.17, 15) is 9.90 Å². The predicted octanol–water partition coefficient (Wildman–Crippen LogP) is 3.00. The van der Waals surface area contributed by atoms with E-state index in [0.717, 1.165) is 17.7 Å². The van der Waals surface area contributed by atoms with E-state index in [0.29, 0.717) is 13.0 Å². The van der Waals surface area contributed by atoms with Gasteiger partial charge in [0.2, 0.25) is 0 Å². The standard InChI is InChI=1S/C18H28N2O3/c1-12(9-13(2)21)11-19-17(22)20-15-10-18(3,4)23-16-8-6-5-7-14(15)16/h5-8,12-13,15,21H,9-11H2,1-4H3,(H2,19,20,22). The zero-order valence-electron chi connectivity index (χ0n) is 14.4. The van der Waals surface area contributed by atoms with Crippen LogP contribution in [-0.2, 0) is 0 Å². The van der Waals surface area contributed by atoms with Crippen molar-refractivity contribution >= 4 is 6.03 Å². The summed E-state index contributed by atoms with van der Waals surface area (Å²) in [5, 5.41) is 15.3. The van der Waals surface area contributed by atoms with Crippen molar-refractivity contribution in [2.75, 3.05) is 6.54 Å². The fraction of sp³-hybridized carbons (Fsp3) is 0.611. The Morgan fingerprint density at radius 2 is 2.09 bits per heavy atom. The number of carbonyl (C=O) groups is 1. The van der Waals surface area contributed by atoms with Crippen molar-refractivity contribution in [3.05, 3.63) is 29.8 Å². The Bertz CT molecular complexity index is 543. The molecule has 0 spiro atoms. The van der Waals surface area contributed by atoms with Crippen molar-refractivity contribution in [2.45, 2.75) is 58.3 Å². The largest absolute Gasteiger partial charge is 0.487 e. The minimum absolute atomic E-state index is 0.0676. The maximum Gasteiger partial charge on any atom is 0.315 e. The van der Waals surface area contributed by atoms with Gasteiger partial charge in [-0.25, -0.2) is 4.79 Å². The van der Waals surface area contributed by atoms with Crippen LogP contribution in [0.15, 0.2) is 24.3 Å². The molecule has 3 N–H and O–H groups in total. The van der Waals surface area contributed by atoms with Crippen LogP contribution in [0.1, 0.15) is 52.1 Å². The van der Waals surface area contributed by atoms with Crippen molar-refractivity contribution < 1.29 is 14.6 Å². The van der Waals surface area contributed by atoms with Gasteiger partial charge in [0.05, 0.1) is 12.1 Å². The van der Waals surface area contributed by atoms with Crippen molar-refractivity contribution in [1.29, 1.82) is 0 Å². The van der Waals surface area contributed by atoms with E-state index >= 15 is 0 Å². The summed E-state index contributed by atoms with van der Waals surface area (Å²) in [5.74, 6) is 1.07. The zero-order valence-corrected chi connectivity index (χ0v) is 14.4. The number of ether oxygens (including phenoxy) is 1. The van der Waals surface area contributed by atoms with Crippen molar-refractivity contribution in [3.63, 3.8) is 0 Å². The van der Waals surface area contributed by atoms with E-state index in [2.05, 4.69) is 10.6 Å². The van der Waals surface area contributed by atoms with Gasteiger partial charge in [-0.1, -0.05) is 25.1 Å². The highest BCUT2D eigenvalue weighted by molar-refractivity contribution is 5.74. The number of aliphatic hydroxyl groups is 1. The molecule has 5 nitrogen and oxygen atoms in total. The Balaban J connectivity index is 1.95. The molecule has 0 saturated carbocycles. The smallest absolute Gasteiger partial charge is 0.315 e. The highest BCUT2D eigenvalue weighted by atomic mass is 16.5. The van der Waals surface area contributed by atoms with E-state index in [1.165, 1.54) is 0 Å². The van der Waals surface area contributed by atoms with Crippen LogP contribution < -0.4 is 15.4 Å². The van der Waals surface area contributed by atoms with E-state index in [-0.39, 0.29) is 29.7 Å². The van der Waals surface area contributed by atoms with Gasteiger partial charge in [0.25, 0.3) is 0 Å². The first kappa shape index (κ1) is 17.6. The highest BCUT2D eigenvalue weighted by Gasteiger charge is 2.34. The molecule has 0 aliphatic carbocycles. The lowest BCUT2D eigenvalue weighted by Crippen LogP contribution is -2.45. The molecule has 0 fully saturated rings. The molecule has 1 aliphatic heterocycles. The van der Waals surface area contributed by atoms with Gasteiger partial charge in [-0.3, -0.25) is 0 Å². The second-order valence-electron chi connectivity index (χ2n) is 7.20. The van der Waals surface area contributed by atoms with Gasteiger partial charge >= 0.3 is 6.03 Å². The van der Waals surface area contributed by atoms with E-state index in [1.54, 1.807) is 6.92 Å². The Kier molecular flexibility index (Phi) is 5.52. The summed E-state index contributed by atoms with van der Waals surface area (Å²) >= 11 is 0. The van der Waals surface area contributed by atoms with Crippen LogP contribution >= 0.6 is 0 Å². The number of nitrogens with one attached hydrogen (secondary N) is 2. The lowest BCUT2D eigenvalue weighted by atomic mass is 9.90. The molecule has 0 saturated heterocycles. The van der Waals surface area contributed by atoms with Crippen LogP contribution in [-0.4, -0.2) is 29.4 Å². The number of benzene rings is 1. The van der Waals surface area contributed by atoms with Crippen molar-refractivity contribution in [1.82, 2.24) is 10.6 Å². The second-order valence-corrected chi connectivity index (χ2v) is 7.20. The highest BCUT2D eigenvalue weighted by Crippen LogP contribution is 2.39. The lowest BCUT2D eigenvalue weighted by Gasteiger charge is -2.37. The maximum absolute atomic E-state index is 12.2. The zero-order chi connectivity index (χ0) is 17.0. The van der Waals surface area contributed by atoms with Gasteiger partial charge in [0.15, 0.2) is 0 Å². The third-order valence-electron chi connectivity index (χ3n) is 4.04. The van der Waals surface area contributed by atoms with Gasteiger partial charge < -0.3 is 20.5 Å². The summed E-state index contributed by atoms with van der Waals surface area (Å²) in [5.41, 5.74) is 0.699. The Morgan fingerprint density at radius 1 is 1.39 bits per heavy atom. The first-order valence-corrected chi connectivity index (χ1v) is 8.27. The fourth-order valence-corrected chi connectivity index (χ4v) is 3.07. The summed E-state index contributed by atoms with van der Waals surface area (Å²) in [6.07, 6.45) is 1.05. The Labute approximate surface area is 138 Å². The van der Waals surface area contributed by atoms with Crippen LogP contribution in [0.25, 0.3) is 0 Å². The molecular formula is C18H28N2O3. The number of aliphatic hydroxyl groups excluding tert-OH is 1. The molecule has 3 atom stereocenters. The first-order chi connectivity index (χ1) is 10.8. The van der Waals surface area contributed by atoms with E-state index in [4.69, 9.17) is 4.74 Å². The number of hydrogen-bond donors (Lipinski definition) is 3. The predicted molar refractivity (Wildman–Crippen MR) is 90.5 cm³/mol. The number of amides is 2. The molecule has 5 heteroatoms. The van der Waals surface area contributed by atoms with Crippen molar-refractivity contribution in [3.8, 4) is 5.75 Å². The molecule has 0 aromatic heterocycles. The van der Waals surface area contributed by atoms with Gasteiger partial charge in [-0.2, -0.15) is 0 Å². The fourth-order valence-electron chi connectivity index (χ4n) is 3.07. The molecular weight excluding hydrogens is 292 g/mol. The van der Waals surface area contributed by atoms with E-state index in [1.807, 2.05) is 45.0 Å². The number of para-hydroxylation sites is 1. The summed E-state index contributed by atoms with van der Waals surface area (Å²) in [7, 11) is 0. The normalized spacial score (nSPS) is 21.5. The molecule has 1 aromatic carbocycles. The third kappa shape index (κ3) is 5.13. The lowest BCUT2D eigenvalue weighted by molar-refractivity contribution is 0.0678. The van der Waals surface area contributed by atoms with Gasteiger partial charge in [0, 0.05) is 18.5 Å². The molecule has 3 unspecified atom stereocenters. The minimum atomic E-state index is -0.349. The van der Waals surface area contributed by atoms with Gasteiger partial charge in [-0.15, -0.1) is 0 Å². The Hall–Kier alpha value is -1.75.